The molecule has 0 bridgehead atoms. The van der Waals surface area contributed by atoms with Crippen LogP contribution in [0.25, 0.3) is 0 Å². The number of rotatable bonds is 3. The number of nitrogens with one attached hydrogen (secondary N) is 1. The van der Waals surface area contributed by atoms with E-state index >= 15 is 0 Å². The lowest BCUT2D eigenvalue weighted by atomic mass is 10.1. The molecule has 0 saturated carbocycles. The first-order valence-electron chi connectivity index (χ1n) is 5.29. The van der Waals surface area contributed by atoms with Crippen molar-refractivity contribution >= 4 is 11.3 Å². The van der Waals surface area contributed by atoms with Gasteiger partial charge in [0.2, 0.25) is 0 Å². The average Bonchev–Trinajstić information content (AvgIpc) is 2.72. The minimum absolute atomic E-state index is 0.776. The molecular formula is C11H18N2S. The van der Waals surface area contributed by atoms with E-state index in [1.807, 2.05) is 11.3 Å². The molecule has 1 aliphatic rings. The molecule has 1 fully saturated rings. The molecule has 2 rings (SSSR count). The largest absolute Gasteiger partial charge is 0.317 e. The van der Waals surface area contributed by atoms with E-state index in [2.05, 4.69) is 34.8 Å². The number of thiophene rings is 1. The Balaban J connectivity index is 1.85. The van der Waals surface area contributed by atoms with Crippen LogP contribution in [0.5, 0.6) is 0 Å². The van der Waals surface area contributed by atoms with Crippen molar-refractivity contribution in [2.45, 2.75) is 25.4 Å². The third-order valence-corrected chi connectivity index (χ3v) is 3.78. The van der Waals surface area contributed by atoms with Crippen LogP contribution in [0.15, 0.2) is 17.5 Å². The predicted octanol–water partition coefficient (Wildman–Crippen LogP) is 1.93. The molecule has 0 aromatic carbocycles. The van der Waals surface area contributed by atoms with Gasteiger partial charge < -0.3 is 5.32 Å². The molecule has 0 radical (unpaired) electrons. The topological polar surface area (TPSA) is 15.3 Å². The quantitative estimate of drug-likeness (QED) is 0.820. The van der Waals surface area contributed by atoms with E-state index < -0.39 is 0 Å². The Labute approximate surface area is 89.9 Å². The van der Waals surface area contributed by atoms with Crippen LogP contribution >= 0.6 is 11.3 Å². The second-order valence-corrected chi connectivity index (χ2v) is 5.01. The molecule has 0 atom stereocenters. The van der Waals surface area contributed by atoms with Crippen LogP contribution in [0.2, 0.25) is 0 Å². The normalized spacial score (nSPS) is 19.0. The first-order chi connectivity index (χ1) is 6.86. The molecule has 14 heavy (non-hydrogen) atoms. The molecule has 0 aliphatic carbocycles. The first-order valence-corrected chi connectivity index (χ1v) is 6.17. The standard InChI is InChI=1S/C11H18N2S/c1-13(9-11-3-2-8-14-11)10-4-6-12-7-5-10/h2-3,8,10,12H,4-7,9H2,1H3. The van der Waals surface area contributed by atoms with Gasteiger partial charge in [-0.3, -0.25) is 4.90 Å². The Bertz CT molecular complexity index is 252. The highest BCUT2D eigenvalue weighted by Crippen LogP contribution is 2.16. The van der Waals surface area contributed by atoms with Crippen molar-refractivity contribution in [3.8, 4) is 0 Å². The van der Waals surface area contributed by atoms with Crippen LogP contribution in [0.3, 0.4) is 0 Å². The van der Waals surface area contributed by atoms with Gasteiger partial charge in [0.25, 0.3) is 0 Å². The van der Waals surface area contributed by atoms with Gasteiger partial charge in [-0.25, -0.2) is 0 Å². The van der Waals surface area contributed by atoms with Crippen LogP contribution in [-0.4, -0.2) is 31.1 Å². The molecule has 78 valence electrons. The average molecular weight is 210 g/mol. The summed E-state index contributed by atoms with van der Waals surface area (Å²) >= 11 is 1.86. The maximum Gasteiger partial charge on any atom is 0.0327 e. The van der Waals surface area contributed by atoms with Gasteiger partial charge in [-0.2, -0.15) is 0 Å². The van der Waals surface area contributed by atoms with Crippen LogP contribution in [0, 0.1) is 0 Å². The lowest BCUT2D eigenvalue weighted by Gasteiger charge is -2.31. The summed E-state index contributed by atoms with van der Waals surface area (Å²) in [5.41, 5.74) is 0. The molecule has 1 aromatic heterocycles. The van der Waals surface area contributed by atoms with Crippen molar-refractivity contribution in [1.29, 1.82) is 0 Å². The highest BCUT2D eigenvalue weighted by Gasteiger charge is 2.17. The minimum Gasteiger partial charge on any atom is -0.317 e. The predicted molar refractivity (Wildman–Crippen MR) is 61.7 cm³/mol. The molecular weight excluding hydrogens is 192 g/mol. The lowest BCUT2D eigenvalue weighted by Crippen LogP contribution is -2.40. The Morgan fingerprint density at radius 1 is 1.50 bits per heavy atom. The fourth-order valence-corrected chi connectivity index (χ4v) is 2.79. The molecule has 1 aliphatic heterocycles. The Hall–Kier alpha value is -0.380. The van der Waals surface area contributed by atoms with Gasteiger partial charge in [0.05, 0.1) is 0 Å². The van der Waals surface area contributed by atoms with Gasteiger partial charge in [0, 0.05) is 17.5 Å². The summed E-state index contributed by atoms with van der Waals surface area (Å²) in [6.07, 6.45) is 2.59. The van der Waals surface area contributed by atoms with E-state index in [0.717, 1.165) is 12.6 Å². The van der Waals surface area contributed by atoms with Crippen molar-refractivity contribution in [3.05, 3.63) is 22.4 Å². The van der Waals surface area contributed by atoms with Crippen LogP contribution in [0.4, 0.5) is 0 Å². The maximum atomic E-state index is 3.40. The second kappa shape index (κ2) is 4.91. The summed E-state index contributed by atoms with van der Waals surface area (Å²) in [7, 11) is 2.25. The number of hydrogen-bond acceptors (Lipinski definition) is 3. The van der Waals surface area contributed by atoms with Gasteiger partial charge in [-0.1, -0.05) is 6.07 Å². The molecule has 1 N–H and O–H groups in total. The smallest absolute Gasteiger partial charge is 0.0327 e. The zero-order valence-electron chi connectivity index (χ0n) is 8.70. The zero-order chi connectivity index (χ0) is 9.80. The van der Waals surface area contributed by atoms with Crippen molar-refractivity contribution in [3.63, 3.8) is 0 Å². The second-order valence-electron chi connectivity index (χ2n) is 3.98. The van der Waals surface area contributed by atoms with Crippen molar-refractivity contribution in [2.24, 2.45) is 0 Å². The first kappa shape index (κ1) is 10.1. The summed E-state index contributed by atoms with van der Waals surface area (Å²) in [4.78, 5) is 3.97. The minimum atomic E-state index is 0.776. The lowest BCUT2D eigenvalue weighted by molar-refractivity contribution is 0.193. The third kappa shape index (κ3) is 2.56. The Kier molecular flexibility index (Phi) is 3.56. The maximum absolute atomic E-state index is 3.40. The van der Waals surface area contributed by atoms with Gasteiger partial charge >= 0.3 is 0 Å². The van der Waals surface area contributed by atoms with Crippen molar-refractivity contribution < 1.29 is 0 Å². The molecule has 2 heterocycles. The van der Waals surface area contributed by atoms with Crippen LogP contribution < -0.4 is 5.32 Å². The van der Waals surface area contributed by atoms with Crippen molar-refractivity contribution in [1.82, 2.24) is 10.2 Å². The number of piperidine rings is 1. The summed E-state index contributed by atoms with van der Waals surface area (Å²) in [5.74, 6) is 0. The van der Waals surface area contributed by atoms with E-state index in [0.29, 0.717) is 0 Å². The number of hydrogen-bond donors (Lipinski definition) is 1. The third-order valence-electron chi connectivity index (χ3n) is 2.92. The van der Waals surface area contributed by atoms with Gasteiger partial charge in [0.15, 0.2) is 0 Å². The SMILES string of the molecule is CN(Cc1cccs1)C1CCNCC1. The van der Waals surface area contributed by atoms with Crippen LogP contribution in [-0.2, 0) is 6.54 Å². The fourth-order valence-electron chi connectivity index (χ4n) is 2.02. The van der Waals surface area contributed by atoms with Crippen LogP contribution in [0.1, 0.15) is 17.7 Å². The summed E-state index contributed by atoms with van der Waals surface area (Å²) < 4.78 is 0. The molecule has 0 spiro atoms. The van der Waals surface area contributed by atoms with Gasteiger partial charge in [-0.05, 0) is 44.4 Å². The summed E-state index contributed by atoms with van der Waals surface area (Å²) in [5, 5.41) is 5.56. The molecule has 1 saturated heterocycles. The Morgan fingerprint density at radius 3 is 2.93 bits per heavy atom. The van der Waals surface area contributed by atoms with E-state index in [1.54, 1.807) is 0 Å². The highest BCUT2D eigenvalue weighted by atomic mass is 32.1. The molecule has 0 unspecified atom stereocenters. The molecule has 1 aromatic rings. The molecule has 0 amide bonds. The fraction of sp³-hybridized carbons (Fsp3) is 0.636. The monoisotopic (exact) mass is 210 g/mol. The summed E-state index contributed by atoms with van der Waals surface area (Å²) in [6.45, 7) is 3.47. The zero-order valence-corrected chi connectivity index (χ0v) is 9.52. The van der Waals surface area contributed by atoms with E-state index in [9.17, 15) is 0 Å². The highest BCUT2D eigenvalue weighted by molar-refractivity contribution is 7.09. The Morgan fingerprint density at radius 2 is 2.29 bits per heavy atom. The molecule has 3 heteroatoms. The molecule has 2 nitrogen and oxygen atoms in total. The van der Waals surface area contributed by atoms with Gasteiger partial charge in [-0.15, -0.1) is 11.3 Å². The van der Waals surface area contributed by atoms with E-state index in [4.69, 9.17) is 0 Å². The van der Waals surface area contributed by atoms with E-state index in [-0.39, 0.29) is 0 Å². The summed E-state index contributed by atoms with van der Waals surface area (Å²) in [6, 6.07) is 5.14. The number of nitrogens with zero attached hydrogens (tertiary/aromatic N) is 1. The van der Waals surface area contributed by atoms with Gasteiger partial charge in [0.1, 0.15) is 0 Å². The van der Waals surface area contributed by atoms with Crippen molar-refractivity contribution in [2.75, 3.05) is 20.1 Å². The van der Waals surface area contributed by atoms with E-state index in [1.165, 1.54) is 30.8 Å².